The highest BCUT2D eigenvalue weighted by molar-refractivity contribution is 5.89. The number of amides is 1. The van der Waals surface area contributed by atoms with Crippen molar-refractivity contribution < 1.29 is 9.53 Å². The van der Waals surface area contributed by atoms with Crippen molar-refractivity contribution in [2.75, 3.05) is 12.8 Å². The molecule has 1 fully saturated rings. The lowest BCUT2D eigenvalue weighted by Gasteiger charge is -2.33. The molecule has 1 saturated carbocycles. The quantitative estimate of drug-likeness (QED) is 0.731. The fourth-order valence-corrected chi connectivity index (χ4v) is 4.83. The summed E-state index contributed by atoms with van der Waals surface area (Å²) in [6, 6.07) is 14.2. The summed E-state index contributed by atoms with van der Waals surface area (Å²) >= 11 is 0. The molecule has 0 saturated heterocycles. The molecule has 0 aromatic heterocycles. The van der Waals surface area contributed by atoms with Crippen LogP contribution >= 0.6 is 12.4 Å². The van der Waals surface area contributed by atoms with Gasteiger partial charge in [0, 0.05) is 5.69 Å². The Hall–Kier alpha value is -2.20. The molecule has 2 aliphatic carbocycles. The molecule has 2 aromatic carbocycles. The first-order valence-electron chi connectivity index (χ1n) is 9.96. The van der Waals surface area contributed by atoms with Crippen LogP contribution in [0, 0.1) is 0 Å². The topological polar surface area (TPSA) is 64.3 Å². The third-order valence-corrected chi connectivity index (χ3v) is 6.30. The summed E-state index contributed by atoms with van der Waals surface area (Å²) in [4.78, 5) is 13.5. The van der Waals surface area contributed by atoms with Gasteiger partial charge in [-0.25, -0.2) is 0 Å². The Morgan fingerprint density at radius 1 is 1.14 bits per heavy atom. The Bertz CT molecular complexity index is 846. The second-order valence-electron chi connectivity index (χ2n) is 7.90. The number of benzene rings is 2. The number of methoxy groups -OCH3 is 1. The summed E-state index contributed by atoms with van der Waals surface area (Å²) < 4.78 is 5.40. The van der Waals surface area contributed by atoms with Crippen molar-refractivity contribution >= 4 is 24.0 Å². The van der Waals surface area contributed by atoms with Crippen molar-refractivity contribution in [3.8, 4) is 5.75 Å². The number of nitrogens with two attached hydrogens (primary N) is 1. The molecule has 1 amide bonds. The first kappa shape index (κ1) is 20.5. The lowest BCUT2D eigenvalue weighted by atomic mass is 9.77. The van der Waals surface area contributed by atoms with Crippen LogP contribution in [-0.2, 0) is 16.6 Å². The molecule has 2 aromatic rings. The predicted molar refractivity (Wildman–Crippen MR) is 115 cm³/mol. The van der Waals surface area contributed by atoms with Crippen LogP contribution < -0.4 is 15.8 Å². The minimum absolute atomic E-state index is 0. The first-order valence-corrected chi connectivity index (χ1v) is 9.96. The largest absolute Gasteiger partial charge is 0.497 e. The maximum Gasteiger partial charge on any atom is 0.231 e. The standard InChI is InChI=1S/C23H28N2O2.ClH/c1-27-19-8-5-7-17(15-19)23(12-2-3-13-23)22(26)25-21-9-4-6-16-14-18(24)10-11-20(16)21;/h5,7-8,10-11,14-15,21H,2-4,6,9,12-13,24H2,1H3,(H,25,26);1H. The number of nitrogens with one attached hydrogen (secondary N) is 1. The summed E-state index contributed by atoms with van der Waals surface area (Å²) in [7, 11) is 1.67. The monoisotopic (exact) mass is 400 g/mol. The van der Waals surface area contributed by atoms with Crippen molar-refractivity contribution in [3.63, 3.8) is 0 Å². The molecule has 1 unspecified atom stereocenters. The highest BCUT2D eigenvalue weighted by atomic mass is 35.5. The summed E-state index contributed by atoms with van der Waals surface area (Å²) in [5.41, 5.74) is 9.88. The average molecular weight is 401 g/mol. The maximum atomic E-state index is 13.5. The van der Waals surface area contributed by atoms with E-state index in [0.29, 0.717) is 0 Å². The molecule has 0 aliphatic heterocycles. The number of fused-ring (bicyclic) bond motifs is 1. The molecule has 0 radical (unpaired) electrons. The third-order valence-electron chi connectivity index (χ3n) is 6.30. The molecule has 150 valence electrons. The second kappa shape index (κ2) is 8.44. The van der Waals surface area contributed by atoms with Crippen LogP contribution in [0.3, 0.4) is 0 Å². The first-order chi connectivity index (χ1) is 13.1. The number of rotatable bonds is 4. The molecule has 2 aliphatic rings. The van der Waals surface area contributed by atoms with E-state index in [-0.39, 0.29) is 24.4 Å². The van der Waals surface area contributed by atoms with Crippen molar-refractivity contribution in [2.24, 2.45) is 0 Å². The number of ether oxygens (including phenoxy) is 1. The van der Waals surface area contributed by atoms with E-state index in [2.05, 4.69) is 23.5 Å². The van der Waals surface area contributed by atoms with E-state index in [0.717, 1.165) is 61.9 Å². The Morgan fingerprint density at radius 2 is 1.93 bits per heavy atom. The Kier molecular flexibility index (Phi) is 6.19. The van der Waals surface area contributed by atoms with Gasteiger partial charge in [-0.3, -0.25) is 4.79 Å². The van der Waals surface area contributed by atoms with Gasteiger partial charge in [-0.2, -0.15) is 0 Å². The lowest BCUT2D eigenvalue weighted by molar-refractivity contribution is -0.127. The van der Waals surface area contributed by atoms with Crippen LogP contribution in [0.15, 0.2) is 42.5 Å². The van der Waals surface area contributed by atoms with E-state index in [1.807, 2.05) is 24.3 Å². The minimum atomic E-state index is -0.444. The highest BCUT2D eigenvalue weighted by Gasteiger charge is 2.43. The zero-order valence-corrected chi connectivity index (χ0v) is 17.2. The number of anilines is 1. The molecule has 4 rings (SSSR count). The van der Waals surface area contributed by atoms with Gasteiger partial charge >= 0.3 is 0 Å². The molecule has 0 spiro atoms. The SMILES string of the molecule is COc1cccc(C2(C(=O)NC3CCCc4cc(N)ccc43)CCCC2)c1.Cl. The zero-order chi connectivity index (χ0) is 18.9. The normalized spacial score (nSPS) is 20.0. The van der Waals surface area contributed by atoms with Crippen molar-refractivity contribution in [3.05, 3.63) is 59.2 Å². The third kappa shape index (κ3) is 3.70. The molecule has 28 heavy (non-hydrogen) atoms. The Labute approximate surface area is 173 Å². The van der Waals surface area contributed by atoms with Gasteiger partial charge < -0.3 is 15.8 Å². The fourth-order valence-electron chi connectivity index (χ4n) is 4.83. The van der Waals surface area contributed by atoms with Gasteiger partial charge in [0.2, 0.25) is 5.91 Å². The van der Waals surface area contributed by atoms with Crippen LogP contribution in [0.4, 0.5) is 5.69 Å². The van der Waals surface area contributed by atoms with Gasteiger partial charge in [0.15, 0.2) is 0 Å². The molecule has 0 heterocycles. The summed E-state index contributed by atoms with van der Waals surface area (Å²) in [5.74, 6) is 0.966. The van der Waals surface area contributed by atoms with E-state index in [4.69, 9.17) is 10.5 Å². The molecular formula is C23H29ClN2O2. The fraction of sp³-hybridized carbons (Fsp3) is 0.435. The number of aryl methyl sites for hydroxylation is 1. The van der Waals surface area contributed by atoms with Crippen LogP contribution in [0.5, 0.6) is 5.75 Å². The molecule has 3 N–H and O–H groups in total. The summed E-state index contributed by atoms with van der Waals surface area (Å²) in [5, 5.41) is 3.39. The summed E-state index contributed by atoms with van der Waals surface area (Å²) in [6.45, 7) is 0. The van der Waals surface area contributed by atoms with Crippen molar-refractivity contribution in [2.45, 2.75) is 56.4 Å². The number of hydrogen-bond donors (Lipinski definition) is 2. The number of hydrogen-bond acceptors (Lipinski definition) is 3. The number of carbonyl (C=O) groups is 1. The van der Waals surface area contributed by atoms with Crippen LogP contribution in [-0.4, -0.2) is 13.0 Å². The highest BCUT2D eigenvalue weighted by Crippen LogP contribution is 2.43. The minimum Gasteiger partial charge on any atom is -0.497 e. The van der Waals surface area contributed by atoms with Gasteiger partial charge in [0.1, 0.15) is 5.75 Å². The van der Waals surface area contributed by atoms with Crippen molar-refractivity contribution in [1.29, 1.82) is 0 Å². The summed E-state index contributed by atoms with van der Waals surface area (Å²) in [6.07, 6.45) is 7.06. The number of carbonyl (C=O) groups excluding carboxylic acids is 1. The lowest BCUT2D eigenvalue weighted by Crippen LogP contribution is -2.44. The molecular weight excluding hydrogens is 372 g/mol. The predicted octanol–water partition coefficient (Wildman–Crippen LogP) is 4.70. The number of nitrogen functional groups attached to an aromatic ring is 1. The van der Waals surface area contributed by atoms with E-state index in [1.54, 1.807) is 7.11 Å². The van der Waals surface area contributed by atoms with Crippen LogP contribution in [0.2, 0.25) is 0 Å². The van der Waals surface area contributed by atoms with Crippen molar-refractivity contribution in [1.82, 2.24) is 5.32 Å². The zero-order valence-electron chi connectivity index (χ0n) is 16.4. The van der Waals surface area contributed by atoms with Gasteiger partial charge in [-0.05, 0) is 73.1 Å². The van der Waals surface area contributed by atoms with E-state index in [9.17, 15) is 4.79 Å². The Balaban J connectivity index is 0.00000225. The smallest absolute Gasteiger partial charge is 0.231 e. The van der Waals surface area contributed by atoms with E-state index in [1.165, 1.54) is 11.1 Å². The molecule has 1 atom stereocenters. The van der Waals surface area contributed by atoms with Crippen LogP contribution in [0.1, 0.15) is 61.3 Å². The molecule has 0 bridgehead atoms. The maximum absolute atomic E-state index is 13.5. The van der Waals surface area contributed by atoms with E-state index < -0.39 is 5.41 Å². The van der Waals surface area contributed by atoms with E-state index >= 15 is 0 Å². The average Bonchev–Trinajstić information content (AvgIpc) is 3.19. The Morgan fingerprint density at radius 3 is 2.68 bits per heavy atom. The van der Waals surface area contributed by atoms with Crippen LogP contribution in [0.25, 0.3) is 0 Å². The molecule has 4 nitrogen and oxygen atoms in total. The number of halogens is 1. The van der Waals surface area contributed by atoms with Gasteiger partial charge in [0.05, 0.1) is 18.6 Å². The molecule has 5 heteroatoms. The second-order valence-corrected chi connectivity index (χ2v) is 7.90. The van der Waals surface area contributed by atoms with Gasteiger partial charge in [0.25, 0.3) is 0 Å². The van der Waals surface area contributed by atoms with Gasteiger partial charge in [-0.1, -0.05) is 31.0 Å². The van der Waals surface area contributed by atoms with Gasteiger partial charge in [-0.15, -0.1) is 12.4 Å².